The number of likely N-dealkylation sites (N-methyl/N-ethyl adjacent to an activating group) is 1. The quantitative estimate of drug-likeness (QED) is 0.473. The zero-order valence-corrected chi connectivity index (χ0v) is 20.6. The first-order chi connectivity index (χ1) is 15.6. The lowest BCUT2D eigenvalue weighted by atomic mass is 9.84. The number of amides is 1. The molecule has 0 bridgehead atoms. The fourth-order valence-electron chi connectivity index (χ4n) is 6.59. The van der Waals surface area contributed by atoms with Gasteiger partial charge < -0.3 is 20.9 Å². The van der Waals surface area contributed by atoms with Crippen molar-refractivity contribution in [3.8, 4) is 0 Å². The van der Waals surface area contributed by atoms with Crippen molar-refractivity contribution in [3.63, 3.8) is 0 Å². The average Bonchev–Trinajstić information content (AvgIpc) is 2.85. The van der Waals surface area contributed by atoms with Crippen LogP contribution in [0.3, 0.4) is 0 Å². The van der Waals surface area contributed by atoms with Gasteiger partial charge in [0.15, 0.2) is 0 Å². The summed E-state index contributed by atoms with van der Waals surface area (Å²) in [6.07, 6.45) is 12.5. The van der Waals surface area contributed by atoms with E-state index in [2.05, 4.69) is 38.0 Å². The molecule has 0 radical (unpaired) electrons. The SMILES string of the molecule is CCN1CCN(C2CCC(NC3CC(NC4CCC(C(=O)NC)CC4)CCN3)CC2)CC1. The van der Waals surface area contributed by atoms with Crippen LogP contribution in [0, 0.1) is 5.92 Å². The maximum atomic E-state index is 11.9. The Morgan fingerprint density at radius 2 is 1.50 bits per heavy atom. The molecule has 2 unspecified atom stereocenters. The molecule has 7 nitrogen and oxygen atoms in total. The van der Waals surface area contributed by atoms with E-state index < -0.39 is 0 Å². The maximum Gasteiger partial charge on any atom is 0.222 e. The number of carbonyl (C=O) groups excluding carboxylic acids is 1. The Morgan fingerprint density at radius 3 is 2.16 bits per heavy atom. The maximum absolute atomic E-state index is 11.9. The third-order valence-electron chi connectivity index (χ3n) is 8.72. The molecule has 2 atom stereocenters. The Labute approximate surface area is 195 Å². The fourth-order valence-corrected chi connectivity index (χ4v) is 6.59. The Balaban J connectivity index is 1.14. The molecule has 0 spiro atoms. The van der Waals surface area contributed by atoms with Gasteiger partial charge in [-0.05, 0) is 77.3 Å². The number of piperazine rings is 1. The van der Waals surface area contributed by atoms with Gasteiger partial charge >= 0.3 is 0 Å². The van der Waals surface area contributed by atoms with Crippen molar-refractivity contribution in [2.45, 2.75) is 101 Å². The van der Waals surface area contributed by atoms with Crippen LogP contribution >= 0.6 is 0 Å². The second-order valence-electron chi connectivity index (χ2n) is 10.7. The number of nitrogens with zero attached hydrogens (tertiary/aromatic N) is 2. The average molecular weight is 449 g/mol. The molecule has 4 aliphatic rings. The summed E-state index contributed by atoms with van der Waals surface area (Å²) in [5.41, 5.74) is 0. The van der Waals surface area contributed by atoms with Crippen LogP contribution in [-0.2, 0) is 4.79 Å². The van der Waals surface area contributed by atoms with Gasteiger partial charge in [0.25, 0.3) is 0 Å². The highest BCUT2D eigenvalue weighted by Crippen LogP contribution is 2.27. The zero-order chi connectivity index (χ0) is 22.3. The van der Waals surface area contributed by atoms with E-state index in [1.165, 1.54) is 71.2 Å². The minimum atomic E-state index is 0.228. The van der Waals surface area contributed by atoms with Crippen molar-refractivity contribution in [1.29, 1.82) is 0 Å². The summed E-state index contributed by atoms with van der Waals surface area (Å²) in [6.45, 7) is 9.61. The zero-order valence-electron chi connectivity index (χ0n) is 20.6. The van der Waals surface area contributed by atoms with Crippen molar-refractivity contribution in [3.05, 3.63) is 0 Å². The van der Waals surface area contributed by atoms with E-state index in [1.54, 1.807) is 7.05 Å². The van der Waals surface area contributed by atoms with Gasteiger partial charge in [-0.15, -0.1) is 0 Å². The van der Waals surface area contributed by atoms with Gasteiger partial charge in [0, 0.05) is 63.3 Å². The summed E-state index contributed by atoms with van der Waals surface area (Å²) in [4.78, 5) is 17.2. The largest absolute Gasteiger partial charge is 0.359 e. The van der Waals surface area contributed by atoms with Crippen LogP contribution in [0.1, 0.15) is 71.1 Å². The highest BCUT2D eigenvalue weighted by atomic mass is 16.1. The number of carbonyl (C=O) groups is 1. The molecule has 2 saturated heterocycles. The van der Waals surface area contributed by atoms with Crippen LogP contribution in [0.15, 0.2) is 0 Å². The normalized spacial score (nSPS) is 37.8. The molecule has 184 valence electrons. The number of nitrogens with one attached hydrogen (secondary N) is 4. The van der Waals surface area contributed by atoms with Crippen LogP contribution in [0.5, 0.6) is 0 Å². The molecule has 2 aliphatic heterocycles. The Bertz CT molecular complexity index is 565. The van der Waals surface area contributed by atoms with Crippen LogP contribution in [-0.4, -0.2) is 92.4 Å². The molecule has 7 heteroatoms. The summed E-state index contributed by atoms with van der Waals surface area (Å²) >= 11 is 0. The molecule has 4 N–H and O–H groups in total. The standard InChI is InChI=1S/C25H48N6O/c1-3-30-14-16-31(17-15-30)23-10-8-21(9-11-23)29-24-18-22(12-13-27-24)28-20-6-4-19(5-7-20)25(32)26-2/h19-24,27-29H,3-18H2,1-2H3,(H,26,32). The van der Waals surface area contributed by atoms with Crippen molar-refractivity contribution in [2.75, 3.05) is 46.3 Å². The van der Waals surface area contributed by atoms with Gasteiger partial charge in [0.1, 0.15) is 0 Å². The lowest BCUT2D eigenvalue weighted by Gasteiger charge is -2.43. The van der Waals surface area contributed by atoms with Crippen molar-refractivity contribution >= 4 is 5.91 Å². The van der Waals surface area contributed by atoms with Crippen LogP contribution in [0.4, 0.5) is 0 Å². The molecule has 0 aromatic heterocycles. The van der Waals surface area contributed by atoms with E-state index in [1.807, 2.05) is 0 Å². The Kier molecular flexibility index (Phi) is 9.23. The molecule has 32 heavy (non-hydrogen) atoms. The fraction of sp³-hybridized carbons (Fsp3) is 0.960. The summed E-state index contributed by atoms with van der Waals surface area (Å²) < 4.78 is 0. The van der Waals surface area contributed by atoms with Crippen LogP contribution < -0.4 is 21.3 Å². The van der Waals surface area contributed by atoms with Crippen molar-refractivity contribution in [1.82, 2.24) is 31.1 Å². The minimum Gasteiger partial charge on any atom is -0.359 e. The van der Waals surface area contributed by atoms with E-state index in [-0.39, 0.29) is 11.8 Å². The molecular weight excluding hydrogens is 400 g/mol. The summed E-state index contributed by atoms with van der Waals surface area (Å²) in [7, 11) is 1.76. The Hall–Kier alpha value is -0.730. The van der Waals surface area contributed by atoms with Crippen molar-refractivity contribution in [2.24, 2.45) is 5.92 Å². The first kappa shape index (κ1) is 24.4. The molecule has 4 rings (SSSR count). The highest BCUT2D eigenvalue weighted by molar-refractivity contribution is 5.78. The van der Waals surface area contributed by atoms with Crippen LogP contribution in [0.25, 0.3) is 0 Å². The minimum absolute atomic E-state index is 0.228. The highest BCUT2D eigenvalue weighted by Gasteiger charge is 2.32. The first-order valence-electron chi connectivity index (χ1n) is 13.6. The van der Waals surface area contributed by atoms with E-state index in [0.717, 1.165) is 38.3 Å². The second-order valence-corrected chi connectivity index (χ2v) is 10.7. The molecule has 0 aromatic carbocycles. The first-order valence-corrected chi connectivity index (χ1v) is 13.6. The summed E-state index contributed by atoms with van der Waals surface area (Å²) in [6, 6.07) is 2.66. The van der Waals surface area contributed by atoms with Gasteiger partial charge in [0.2, 0.25) is 5.91 Å². The van der Waals surface area contributed by atoms with Crippen molar-refractivity contribution < 1.29 is 4.79 Å². The monoisotopic (exact) mass is 448 g/mol. The number of piperidine rings is 1. The molecule has 2 saturated carbocycles. The van der Waals surface area contributed by atoms with E-state index in [4.69, 9.17) is 0 Å². The molecule has 2 heterocycles. The predicted molar refractivity (Wildman–Crippen MR) is 131 cm³/mol. The van der Waals surface area contributed by atoms with E-state index >= 15 is 0 Å². The smallest absolute Gasteiger partial charge is 0.222 e. The second kappa shape index (κ2) is 12.1. The van der Waals surface area contributed by atoms with Gasteiger partial charge in [-0.2, -0.15) is 0 Å². The lowest BCUT2D eigenvalue weighted by Crippen LogP contribution is -2.57. The van der Waals surface area contributed by atoms with E-state index in [9.17, 15) is 4.79 Å². The van der Waals surface area contributed by atoms with E-state index in [0.29, 0.717) is 24.3 Å². The molecule has 4 fully saturated rings. The number of hydrogen-bond donors (Lipinski definition) is 4. The summed E-state index contributed by atoms with van der Waals surface area (Å²) in [5.74, 6) is 0.457. The number of hydrogen-bond acceptors (Lipinski definition) is 6. The molecule has 0 aromatic rings. The molecular formula is C25H48N6O. The van der Waals surface area contributed by atoms with Gasteiger partial charge in [-0.25, -0.2) is 0 Å². The lowest BCUT2D eigenvalue weighted by molar-refractivity contribution is -0.125. The summed E-state index contributed by atoms with van der Waals surface area (Å²) in [5, 5.41) is 14.5. The topological polar surface area (TPSA) is 71.7 Å². The molecule has 2 aliphatic carbocycles. The number of rotatable bonds is 7. The van der Waals surface area contributed by atoms with Gasteiger partial charge in [-0.3, -0.25) is 15.0 Å². The predicted octanol–water partition coefficient (Wildman–Crippen LogP) is 1.50. The van der Waals surface area contributed by atoms with Gasteiger partial charge in [0.05, 0.1) is 6.17 Å². The third kappa shape index (κ3) is 6.66. The third-order valence-corrected chi connectivity index (χ3v) is 8.72. The van der Waals surface area contributed by atoms with Gasteiger partial charge in [-0.1, -0.05) is 6.92 Å². The Morgan fingerprint density at radius 1 is 0.844 bits per heavy atom. The molecule has 1 amide bonds. The van der Waals surface area contributed by atoms with Crippen LogP contribution in [0.2, 0.25) is 0 Å².